The molecule has 0 saturated heterocycles. The second-order valence-electron chi connectivity index (χ2n) is 9.32. The lowest BCUT2D eigenvalue weighted by Gasteiger charge is -2.20. The van der Waals surface area contributed by atoms with E-state index in [4.69, 9.17) is 4.74 Å². The SMILES string of the molecule is CC(C)(C)NCCCCc1ccc(-c2ncc(CNC(=O)OC(C)(C)C)s2)cc1. The van der Waals surface area contributed by atoms with Crippen molar-refractivity contribution in [2.24, 2.45) is 0 Å². The average molecular weight is 418 g/mol. The topological polar surface area (TPSA) is 63.2 Å². The number of hydrogen-bond acceptors (Lipinski definition) is 5. The average Bonchev–Trinajstić information content (AvgIpc) is 3.07. The highest BCUT2D eigenvalue weighted by Crippen LogP contribution is 2.25. The van der Waals surface area contributed by atoms with Crippen LogP contribution < -0.4 is 10.6 Å². The van der Waals surface area contributed by atoms with Crippen LogP contribution in [0.1, 0.15) is 64.8 Å². The van der Waals surface area contributed by atoms with E-state index in [1.807, 2.05) is 27.0 Å². The number of aryl methyl sites for hydroxylation is 1. The van der Waals surface area contributed by atoms with Crippen molar-refractivity contribution in [3.8, 4) is 10.6 Å². The Balaban J connectivity index is 1.79. The molecule has 0 saturated carbocycles. The Morgan fingerprint density at radius 2 is 1.76 bits per heavy atom. The number of nitrogens with one attached hydrogen (secondary N) is 2. The van der Waals surface area contributed by atoms with Gasteiger partial charge < -0.3 is 15.4 Å². The monoisotopic (exact) mass is 417 g/mol. The van der Waals surface area contributed by atoms with E-state index in [1.165, 1.54) is 18.4 Å². The molecular formula is C23H35N3O2S. The first kappa shape index (κ1) is 23.4. The van der Waals surface area contributed by atoms with Gasteiger partial charge in [-0.05, 0) is 72.9 Å². The lowest BCUT2D eigenvalue weighted by Crippen LogP contribution is -2.36. The maximum Gasteiger partial charge on any atom is 0.407 e. The van der Waals surface area contributed by atoms with Crippen molar-refractivity contribution < 1.29 is 9.53 Å². The minimum atomic E-state index is -0.492. The van der Waals surface area contributed by atoms with Gasteiger partial charge in [0.15, 0.2) is 0 Å². The van der Waals surface area contributed by atoms with Crippen LogP contribution in [0, 0.1) is 0 Å². The summed E-state index contributed by atoms with van der Waals surface area (Å²) < 4.78 is 5.26. The third kappa shape index (κ3) is 9.41. The summed E-state index contributed by atoms with van der Waals surface area (Å²) in [6.45, 7) is 13.6. The number of aromatic nitrogens is 1. The molecule has 1 aromatic carbocycles. The van der Waals surface area contributed by atoms with E-state index in [0.29, 0.717) is 6.54 Å². The number of nitrogens with zero attached hydrogens (tertiary/aromatic N) is 1. The molecule has 0 atom stereocenters. The molecule has 0 aliphatic carbocycles. The molecule has 29 heavy (non-hydrogen) atoms. The fraction of sp³-hybridized carbons (Fsp3) is 0.565. The van der Waals surface area contributed by atoms with E-state index in [0.717, 1.165) is 28.4 Å². The van der Waals surface area contributed by atoms with E-state index in [2.05, 4.69) is 60.7 Å². The number of benzene rings is 1. The number of hydrogen-bond donors (Lipinski definition) is 2. The summed E-state index contributed by atoms with van der Waals surface area (Å²) >= 11 is 1.59. The second kappa shape index (κ2) is 10.2. The van der Waals surface area contributed by atoms with Crippen molar-refractivity contribution >= 4 is 17.4 Å². The van der Waals surface area contributed by atoms with Gasteiger partial charge in [0, 0.05) is 22.2 Å². The smallest absolute Gasteiger partial charge is 0.407 e. The third-order valence-electron chi connectivity index (χ3n) is 4.11. The lowest BCUT2D eigenvalue weighted by atomic mass is 10.1. The van der Waals surface area contributed by atoms with Crippen LogP contribution in [0.2, 0.25) is 0 Å². The quantitative estimate of drug-likeness (QED) is 0.553. The summed E-state index contributed by atoms with van der Waals surface area (Å²) in [4.78, 5) is 17.3. The Labute approximate surface area is 179 Å². The maximum absolute atomic E-state index is 11.8. The zero-order chi connectivity index (χ0) is 21.5. The molecule has 2 N–H and O–H groups in total. The van der Waals surface area contributed by atoms with Crippen LogP contribution >= 0.6 is 11.3 Å². The Morgan fingerprint density at radius 3 is 2.38 bits per heavy atom. The molecule has 0 bridgehead atoms. The second-order valence-corrected chi connectivity index (χ2v) is 10.4. The zero-order valence-corrected chi connectivity index (χ0v) is 19.4. The number of unbranched alkanes of at least 4 members (excludes halogenated alkanes) is 1. The largest absolute Gasteiger partial charge is 0.444 e. The van der Waals surface area contributed by atoms with Gasteiger partial charge in [0.1, 0.15) is 10.6 Å². The molecule has 1 aromatic heterocycles. The van der Waals surface area contributed by atoms with Crippen molar-refractivity contribution in [3.05, 3.63) is 40.9 Å². The first-order valence-corrected chi connectivity index (χ1v) is 11.1. The summed E-state index contributed by atoms with van der Waals surface area (Å²) in [5.41, 5.74) is 2.16. The van der Waals surface area contributed by atoms with E-state index >= 15 is 0 Å². The van der Waals surface area contributed by atoms with Gasteiger partial charge in [-0.15, -0.1) is 11.3 Å². The van der Waals surface area contributed by atoms with Gasteiger partial charge in [0.25, 0.3) is 0 Å². The molecule has 6 heteroatoms. The highest BCUT2D eigenvalue weighted by molar-refractivity contribution is 7.15. The molecule has 160 valence electrons. The van der Waals surface area contributed by atoms with Gasteiger partial charge in [-0.1, -0.05) is 24.3 Å². The first-order valence-electron chi connectivity index (χ1n) is 10.3. The Bertz CT molecular complexity index is 771. The molecule has 2 aromatic rings. The predicted octanol–water partition coefficient (Wildman–Crippen LogP) is 5.55. The summed E-state index contributed by atoms with van der Waals surface area (Å²) in [5.74, 6) is 0. The van der Waals surface area contributed by atoms with E-state index in [-0.39, 0.29) is 5.54 Å². The molecule has 0 spiro atoms. The number of carbonyl (C=O) groups is 1. The molecule has 0 fully saturated rings. The van der Waals surface area contributed by atoms with Crippen LogP contribution in [0.4, 0.5) is 4.79 Å². The molecule has 0 aliphatic heterocycles. The van der Waals surface area contributed by atoms with Crippen molar-refractivity contribution in [1.29, 1.82) is 0 Å². The molecular weight excluding hydrogens is 382 g/mol. The summed E-state index contributed by atoms with van der Waals surface area (Å²) in [7, 11) is 0. The molecule has 5 nitrogen and oxygen atoms in total. The summed E-state index contributed by atoms with van der Waals surface area (Å²) in [6.07, 6.45) is 4.86. The normalized spacial score (nSPS) is 12.1. The van der Waals surface area contributed by atoms with Crippen molar-refractivity contribution in [2.75, 3.05) is 6.54 Å². The highest BCUT2D eigenvalue weighted by atomic mass is 32.1. The van der Waals surface area contributed by atoms with Gasteiger partial charge in [0.05, 0.1) is 6.54 Å². The van der Waals surface area contributed by atoms with Gasteiger partial charge >= 0.3 is 6.09 Å². The van der Waals surface area contributed by atoms with Gasteiger partial charge in [-0.2, -0.15) is 0 Å². The molecule has 2 rings (SSSR count). The zero-order valence-electron chi connectivity index (χ0n) is 18.6. The number of amides is 1. The van der Waals surface area contributed by atoms with E-state index < -0.39 is 11.7 Å². The summed E-state index contributed by atoms with van der Waals surface area (Å²) in [5, 5.41) is 7.27. The van der Waals surface area contributed by atoms with Crippen LogP contribution in [-0.2, 0) is 17.7 Å². The predicted molar refractivity (Wildman–Crippen MR) is 121 cm³/mol. The van der Waals surface area contributed by atoms with Crippen molar-refractivity contribution in [3.63, 3.8) is 0 Å². The lowest BCUT2D eigenvalue weighted by molar-refractivity contribution is 0.0524. The van der Waals surface area contributed by atoms with Crippen molar-refractivity contribution in [2.45, 2.75) is 78.5 Å². The van der Waals surface area contributed by atoms with Gasteiger partial charge in [-0.25, -0.2) is 9.78 Å². The van der Waals surface area contributed by atoms with Crippen LogP contribution in [-0.4, -0.2) is 28.8 Å². The number of ether oxygens (including phenoxy) is 1. The van der Waals surface area contributed by atoms with E-state index in [1.54, 1.807) is 11.3 Å². The third-order valence-corrected chi connectivity index (χ3v) is 5.15. The minimum absolute atomic E-state index is 0.191. The number of carbonyl (C=O) groups excluding carboxylic acids is 1. The molecule has 0 unspecified atom stereocenters. The maximum atomic E-state index is 11.8. The van der Waals surface area contributed by atoms with E-state index in [9.17, 15) is 4.79 Å². The standard InChI is InChI=1S/C23H35N3O2S/c1-22(2,3)26-14-8-7-9-17-10-12-18(13-11-17)20-24-15-19(29-20)16-25-21(27)28-23(4,5)6/h10-13,15,26H,7-9,14,16H2,1-6H3,(H,25,27). The molecule has 1 heterocycles. The Hall–Kier alpha value is -1.92. The van der Waals surface area contributed by atoms with Crippen LogP contribution in [0.5, 0.6) is 0 Å². The summed E-state index contributed by atoms with van der Waals surface area (Å²) in [6, 6.07) is 8.64. The fourth-order valence-corrected chi connectivity index (χ4v) is 3.59. The van der Waals surface area contributed by atoms with Crippen LogP contribution in [0.25, 0.3) is 10.6 Å². The molecule has 1 amide bonds. The fourth-order valence-electron chi connectivity index (χ4n) is 2.73. The first-order chi connectivity index (χ1) is 13.5. The Kier molecular flexibility index (Phi) is 8.23. The number of rotatable bonds is 8. The Morgan fingerprint density at radius 1 is 1.07 bits per heavy atom. The van der Waals surface area contributed by atoms with Crippen LogP contribution in [0.15, 0.2) is 30.5 Å². The molecule has 0 aliphatic rings. The van der Waals surface area contributed by atoms with Gasteiger partial charge in [-0.3, -0.25) is 0 Å². The number of thiazole rings is 1. The minimum Gasteiger partial charge on any atom is -0.444 e. The van der Waals surface area contributed by atoms with Crippen LogP contribution in [0.3, 0.4) is 0 Å². The highest BCUT2D eigenvalue weighted by Gasteiger charge is 2.16. The van der Waals surface area contributed by atoms with Gasteiger partial charge in [0.2, 0.25) is 0 Å². The molecule has 0 radical (unpaired) electrons. The van der Waals surface area contributed by atoms with Crippen molar-refractivity contribution in [1.82, 2.24) is 15.6 Å². The number of alkyl carbamates (subject to hydrolysis) is 1.